The zero-order valence-corrected chi connectivity index (χ0v) is 17.1. The molecular weight excluding hydrogens is 348 g/mol. The van der Waals surface area contributed by atoms with Gasteiger partial charge in [0.25, 0.3) is 0 Å². The molecule has 2 heterocycles. The molecule has 1 saturated heterocycles. The first-order valence-corrected chi connectivity index (χ1v) is 10.8. The quantitative estimate of drug-likeness (QED) is 0.848. The molecule has 1 N–H and O–H groups in total. The number of amides is 3. The predicted octanol–water partition coefficient (Wildman–Crippen LogP) is 4.35. The number of carbonyl (C=O) groups excluding carboxylic acids is 2. The molecule has 0 aromatic carbocycles. The maximum absolute atomic E-state index is 12.9. The molecule has 26 heavy (non-hydrogen) atoms. The van der Waals surface area contributed by atoms with Crippen molar-refractivity contribution in [2.75, 3.05) is 18.4 Å². The summed E-state index contributed by atoms with van der Waals surface area (Å²) in [7, 11) is 0. The van der Waals surface area contributed by atoms with Crippen molar-refractivity contribution >= 4 is 28.4 Å². The lowest BCUT2D eigenvalue weighted by Gasteiger charge is -2.43. The van der Waals surface area contributed by atoms with Crippen molar-refractivity contribution < 1.29 is 9.59 Å². The van der Waals surface area contributed by atoms with Crippen molar-refractivity contribution in [2.45, 2.75) is 77.8 Å². The molecule has 0 unspecified atom stereocenters. The summed E-state index contributed by atoms with van der Waals surface area (Å²) in [5.41, 5.74) is 0. The van der Waals surface area contributed by atoms with Crippen molar-refractivity contribution in [3.63, 3.8) is 0 Å². The van der Waals surface area contributed by atoms with Gasteiger partial charge in [-0.15, -0.1) is 11.3 Å². The van der Waals surface area contributed by atoms with Gasteiger partial charge in [-0.3, -0.25) is 10.1 Å². The number of hydrogen-bond donors (Lipinski definition) is 1. The summed E-state index contributed by atoms with van der Waals surface area (Å²) < 4.78 is 0. The van der Waals surface area contributed by atoms with Gasteiger partial charge in [0.2, 0.25) is 5.91 Å². The normalized spacial score (nSPS) is 18.7. The number of anilines is 1. The molecule has 0 spiro atoms. The summed E-state index contributed by atoms with van der Waals surface area (Å²) in [5.74, 6) is 0.130. The molecule has 1 aromatic heterocycles. The molecule has 1 aromatic rings. The smallest absolute Gasteiger partial charge is 0.324 e. The first-order valence-electron chi connectivity index (χ1n) is 9.89. The average molecular weight is 381 g/mol. The molecule has 7 heteroatoms. The highest BCUT2D eigenvalue weighted by molar-refractivity contribution is 7.13. The van der Waals surface area contributed by atoms with Gasteiger partial charge in [0.1, 0.15) is 0 Å². The van der Waals surface area contributed by atoms with Gasteiger partial charge in [0.15, 0.2) is 5.13 Å². The first-order chi connectivity index (χ1) is 12.6. The standard InChI is InChI=1S/C17H26N4O2S.C2H6/c1-13(22)20-10-7-15(8-11-20)21(14-5-3-2-4-6-14)17(23)19-16-18-9-12-24-16;1-2/h9,12,14-15H,2-8,10-11H2,1H3,(H,18,19,23);1-2H3. The Kier molecular flexibility index (Phi) is 8.35. The van der Waals surface area contributed by atoms with Crippen LogP contribution in [0.15, 0.2) is 11.6 Å². The highest BCUT2D eigenvalue weighted by Crippen LogP contribution is 2.29. The van der Waals surface area contributed by atoms with E-state index in [1.54, 1.807) is 13.1 Å². The van der Waals surface area contributed by atoms with E-state index in [0.29, 0.717) is 11.2 Å². The van der Waals surface area contributed by atoms with E-state index in [-0.39, 0.29) is 18.0 Å². The van der Waals surface area contributed by atoms with Crippen LogP contribution >= 0.6 is 11.3 Å². The fourth-order valence-corrected chi connectivity index (χ4v) is 4.41. The van der Waals surface area contributed by atoms with Crippen LogP contribution in [-0.2, 0) is 4.79 Å². The van der Waals surface area contributed by atoms with E-state index >= 15 is 0 Å². The van der Waals surface area contributed by atoms with Gasteiger partial charge < -0.3 is 9.80 Å². The third-order valence-corrected chi connectivity index (χ3v) is 5.84. The Morgan fingerprint density at radius 3 is 2.27 bits per heavy atom. The van der Waals surface area contributed by atoms with E-state index in [0.717, 1.165) is 38.8 Å². The second-order valence-corrected chi connectivity index (χ2v) is 7.60. The number of likely N-dealkylation sites (tertiary alicyclic amines) is 1. The number of nitrogens with one attached hydrogen (secondary N) is 1. The maximum atomic E-state index is 12.9. The Morgan fingerprint density at radius 2 is 1.73 bits per heavy atom. The number of nitrogens with zero attached hydrogens (tertiary/aromatic N) is 3. The molecule has 3 amide bonds. The third kappa shape index (κ3) is 5.43. The van der Waals surface area contributed by atoms with Crippen LogP contribution in [0.4, 0.5) is 9.93 Å². The molecule has 3 rings (SSSR count). The molecule has 1 aliphatic heterocycles. The molecule has 0 atom stereocenters. The van der Waals surface area contributed by atoms with Crippen molar-refractivity contribution in [3.05, 3.63) is 11.6 Å². The van der Waals surface area contributed by atoms with Crippen LogP contribution in [-0.4, -0.2) is 51.9 Å². The topological polar surface area (TPSA) is 65.5 Å². The van der Waals surface area contributed by atoms with Crippen LogP contribution in [0.25, 0.3) is 0 Å². The van der Waals surface area contributed by atoms with E-state index in [4.69, 9.17) is 0 Å². The van der Waals surface area contributed by atoms with Crippen LogP contribution in [0.2, 0.25) is 0 Å². The number of aromatic nitrogens is 1. The number of hydrogen-bond acceptors (Lipinski definition) is 4. The van der Waals surface area contributed by atoms with Crippen LogP contribution in [0.1, 0.15) is 65.7 Å². The largest absolute Gasteiger partial charge is 0.343 e. The van der Waals surface area contributed by atoms with Crippen molar-refractivity contribution in [1.82, 2.24) is 14.8 Å². The number of carbonyl (C=O) groups is 2. The Hall–Kier alpha value is -1.63. The number of rotatable bonds is 3. The first kappa shape index (κ1) is 20.7. The van der Waals surface area contributed by atoms with E-state index in [9.17, 15) is 9.59 Å². The summed E-state index contributed by atoms with van der Waals surface area (Å²) in [6.07, 6.45) is 9.24. The monoisotopic (exact) mass is 380 g/mol. The second-order valence-electron chi connectivity index (χ2n) is 6.70. The van der Waals surface area contributed by atoms with Crippen LogP contribution < -0.4 is 5.32 Å². The van der Waals surface area contributed by atoms with E-state index in [1.807, 2.05) is 24.1 Å². The fraction of sp³-hybridized carbons (Fsp3) is 0.737. The molecular formula is C19H32N4O2S. The highest BCUT2D eigenvalue weighted by Gasteiger charge is 2.34. The van der Waals surface area contributed by atoms with Crippen molar-refractivity contribution in [3.8, 4) is 0 Å². The zero-order valence-electron chi connectivity index (χ0n) is 16.2. The van der Waals surface area contributed by atoms with Crippen LogP contribution in [0, 0.1) is 0 Å². The highest BCUT2D eigenvalue weighted by atomic mass is 32.1. The molecule has 2 aliphatic rings. The minimum Gasteiger partial charge on any atom is -0.343 e. The lowest BCUT2D eigenvalue weighted by molar-refractivity contribution is -0.130. The maximum Gasteiger partial charge on any atom is 0.324 e. The Morgan fingerprint density at radius 1 is 1.12 bits per heavy atom. The minimum absolute atomic E-state index is 0.0295. The second kappa shape index (κ2) is 10.5. The molecule has 0 radical (unpaired) electrons. The molecule has 1 saturated carbocycles. The summed E-state index contributed by atoms with van der Waals surface area (Å²) in [4.78, 5) is 32.6. The van der Waals surface area contributed by atoms with E-state index < -0.39 is 0 Å². The lowest BCUT2D eigenvalue weighted by atomic mass is 9.91. The summed E-state index contributed by atoms with van der Waals surface area (Å²) in [6.45, 7) is 7.11. The number of urea groups is 1. The molecule has 1 aliphatic carbocycles. The number of piperidine rings is 1. The summed E-state index contributed by atoms with van der Waals surface area (Å²) in [5, 5.41) is 5.49. The lowest BCUT2D eigenvalue weighted by Crippen LogP contribution is -2.54. The zero-order chi connectivity index (χ0) is 18.9. The minimum atomic E-state index is -0.0295. The van der Waals surface area contributed by atoms with Crippen LogP contribution in [0.5, 0.6) is 0 Å². The average Bonchev–Trinajstić information content (AvgIpc) is 3.18. The van der Waals surface area contributed by atoms with Gasteiger partial charge in [-0.05, 0) is 25.7 Å². The van der Waals surface area contributed by atoms with Crippen LogP contribution in [0.3, 0.4) is 0 Å². The van der Waals surface area contributed by atoms with Gasteiger partial charge in [0, 0.05) is 43.7 Å². The van der Waals surface area contributed by atoms with Gasteiger partial charge in [0.05, 0.1) is 0 Å². The van der Waals surface area contributed by atoms with Gasteiger partial charge in [-0.1, -0.05) is 33.1 Å². The molecule has 2 fully saturated rings. The molecule has 6 nitrogen and oxygen atoms in total. The Labute approximate surface area is 161 Å². The van der Waals surface area contributed by atoms with Gasteiger partial charge in [-0.2, -0.15) is 0 Å². The molecule has 146 valence electrons. The van der Waals surface area contributed by atoms with E-state index in [2.05, 4.69) is 15.2 Å². The van der Waals surface area contributed by atoms with Gasteiger partial charge in [-0.25, -0.2) is 9.78 Å². The number of thiazole rings is 1. The van der Waals surface area contributed by atoms with E-state index in [1.165, 1.54) is 30.6 Å². The summed E-state index contributed by atoms with van der Waals surface area (Å²) >= 11 is 1.44. The Balaban J connectivity index is 0.00000117. The van der Waals surface area contributed by atoms with Gasteiger partial charge >= 0.3 is 6.03 Å². The van der Waals surface area contributed by atoms with Crippen molar-refractivity contribution in [1.29, 1.82) is 0 Å². The van der Waals surface area contributed by atoms with Crippen molar-refractivity contribution in [2.24, 2.45) is 0 Å². The molecule has 0 bridgehead atoms. The fourth-order valence-electron chi connectivity index (χ4n) is 3.89. The Bertz CT molecular complexity index is 550. The summed E-state index contributed by atoms with van der Waals surface area (Å²) in [6, 6.07) is 0.495. The SMILES string of the molecule is CC.CC(=O)N1CCC(N(C(=O)Nc2nccs2)C2CCCCC2)CC1. The third-order valence-electron chi connectivity index (χ3n) is 5.15. The predicted molar refractivity (Wildman–Crippen MR) is 106 cm³/mol.